The quantitative estimate of drug-likeness (QED) is 0.340. The largest absolute Gasteiger partial charge is 0.325 e. The van der Waals surface area contributed by atoms with E-state index >= 15 is 0 Å². The van der Waals surface area contributed by atoms with Gasteiger partial charge in [0.25, 0.3) is 5.91 Å². The monoisotopic (exact) mass is 481 g/mol. The van der Waals surface area contributed by atoms with E-state index in [1.807, 2.05) is 29.0 Å². The molecule has 0 radical (unpaired) electrons. The number of thiophene rings is 1. The van der Waals surface area contributed by atoms with Crippen molar-refractivity contribution < 1.29 is 14.0 Å². The van der Waals surface area contributed by atoms with Crippen molar-refractivity contribution in [1.29, 1.82) is 0 Å². The molecule has 4 aromatic rings. The Balaban J connectivity index is 1.31. The van der Waals surface area contributed by atoms with E-state index in [0.717, 1.165) is 10.7 Å². The zero-order chi connectivity index (χ0) is 23.2. The first-order valence-corrected chi connectivity index (χ1v) is 12.0. The summed E-state index contributed by atoms with van der Waals surface area (Å²) in [7, 11) is 0. The van der Waals surface area contributed by atoms with Gasteiger partial charge in [-0.25, -0.2) is 4.39 Å². The standard InChI is InChI=1S/C23H20FN5O2S2/c1-2-29-21(19-4-3-13-32-19)27-28-23(29)33-14-20(30)25-17-9-11-18(12-10-17)26-22(31)15-5-7-16(24)8-6-15/h3-13H,2,14H2,1H3,(H,25,30)(H,26,31). The molecule has 10 heteroatoms. The summed E-state index contributed by atoms with van der Waals surface area (Å²) >= 11 is 2.92. The second kappa shape index (κ2) is 10.4. The number of carbonyl (C=O) groups is 2. The van der Waals surface area contributed by atoms with Gasteiger partial charge in [0.2, 0.25) is 5.91 Å². The molecule has 2 amide bonds. The molecule has 0 saturated carbocycles. The predicted molar refractivity (Wildman–Crippen MR) is 129 cm³/mol. The molecule has 33 heavy (non-hydrogen) atoms. The molecule has 4 rings (SSSR count). The van der Waals surface area contributed by atoms with Crippen molar-refractivity contribution in [2.24, 2.45) is 0 Å². The molecule has 2 N–H and O–H groups in total. The lowest BCUT2D eigenvalue weighted by Gasteiger charge is -2.09. The Labute approximate surface area is 198 Å². The van der Waals surface area contributed by atoms with Crippen LogP contribution in [0.25, 0.3) is 10.7 Å². The highest BCUT2D eigenvalue weighted by Crippen LogP contribution is 2.27. The molecule has 0 unspecified atom stereocenters. The van der Waals surface area contributed by atoms with Crippen molar-refractivity contribution in [3.8, 4) is 10.7 Å². The normalized spacial score (nSPS) is 10.7. The van der Waals surface area contributed by atoms with Gasteiger partial charge in [0.15, 0.2) is 11.0 Å². The number of thioether (sulfide) groups is 1. The van der Waals surface area contributed by atoms with Crippen molar-refractivity contribution >= 4 is 46.3 Å². The predicted octanol–water partition coefficient (Wildman–Crippen LogP) is 5.15. The lowest BCUT2D eigenvalue weighted by molar-refractivity contribution is -0.113. The van der Waals surface area contributed by atoms with Crippen molar-refractivity contribution in [2.45, 2.75) is 18.6 Å². The van der Waals surface area contributed by atoms with Crippen molar-refractivity contribution in [3.05, 3.63) is 77.4 Å². The maximum Gasteiger partial charge on any atom is 0.255 e. The van der Waals surface area contributed by atoms with Crippen LogP contribution in [0.1, 0.15) is 17.3 Å². The molecule has 2 heterocycles. The number of aromatic nitrogens is 3. The minimum atomic E-state index is -0.400. The maximum atomic E-state index is 13.0. The van der Waals surface area contributed by atoms with Crippen LogP contribution in [0.4, 0.5) is 15.8 Å². The first kappa shape index (κ1) is 22.7. The molecule has 7 nitrogen and oxygen atoms in total. The third-order valence-corrected chi connectivity index (χ3v) is 6.47. The lowest BCUT2D eigenvalue weighted by atomic mass is 10.2. The summed E-state index contributed by atoms with van der Waals surface area (Å²) in [5.41, 5.74) is 1.53. The minimum absolute atomic E-state index is 0.175. The summed E-state index contributed by atoms with van der Waals surface area (Å²) in [4.78, 5) is 25.7. The molecule has 0 aliphatic heterocycles. The third kappa shape index (κ3) is 5.65. The van der Waals surface area contributed by atoms with Crippen molar-refractivity contribution in [1.82, 2.24) is 14.8 Å². The smallest absolute Gasteiger partial charge is 0.255 e. The average molecular weight is 482 g/mol. The molecule has 0 aliphatic rings. The number of halogens is 1. The van der Waals surface area contributed by atoms with Crippen LogP contribution in [-0.4, -0.2) is 32.3 Å². The highest BCUT2D eigenvalue weighted by Gasteiger charge is 2.15. The van der Waals surface area contributed by atoms with Gasteiger partial charge in [-0.15, -0.1) is 21.5 Å². The third-order valence-electron chi connectivity index (χ3n) is 4.64. The van der Waals surface area contributed by atoms with E-state index in [2.05, 4.69) is 20.8 Å². The molecule has 0 fully saturated rings. The van der Waals surface area contributed by atoms with Crippen LogP contribution in [-0.2, 0) is 11.3 Å². The number of anilines is 2. The molecule has 0 saturated heterocycles. The summed E-state index contributed by atoms with van der Waals surface area (Å²) < 4.78 is 15.0. The van der Waals surface area contributed by atoms with Gasteiger partial charge in [0.05, 0.1) is 10.6 Å². The van der Waals surface area contributed by atoms with Crippen LogP contribution < -0.4 is 10.6 Å². The zero-order valence-electron chi connectivity index (χ0n) is 17.6. The van der Waals surface area contributed by atoms with Gasteiger partial charge in [-0.1, -0.05) is 17.8 Å². The number of nitrogens with one attached hydrogen (secondary N) is 2. The van der Waals surface area contributed by atoms with E-state index in [-0.39, 0.29) is 17.6 Å². The topological polar surface area (TPSA) is 88.9 Å². The summed E-state index contributed by atoms with van der Waals surface area (Å²) in [6.07, 6.45) is 0. The van der Waals surface area contributed by atoms with Gasteiger partial charge >= 0.3 is 0 Å². The van der Waals surface area contributed by atoms with Crippen LogP contribution in [0.2, 0.25) is 0 Å². The lowest BCUT2D eigenvalue weighted by Crippen LogP contribution is -2.15. The summed E-state index contributed by atoms with van der Waals surface area (Å²) in [6, 6.07) is 16.0. The molecule has 0 spiro atoms. The van der Waals surface area contributed by atoms with Crippen molar-refractivity contribution in [2.75, 3.05) is 16.4 Å². The van der Waals surface area contributed by atoms with Crippen LogP contribution in [0.5, 0.6) is 0 Å². The fourth-order valence-corrected chi connectivity index (χ4v) is 4.56. The molecule has 0 aliphatic carbocycles. The van der Waals surface area contributed by atoms with E-state index in [0.29, 0.717) is 28.6 Å². The SMILES string of the molecule is CCn1c(SCC(=O)Nc2ccc(NC(=O)c3ccc(F)cc3)cc2)nnc1-c1cccs1. The van der Waals surface area contributed by atoms with Crippen LogP contribution >= 0.6 is 23.1 Å². The molecule has 2 aromatic heterocycles. The van der Waals surface area contributed by atoms with Crippen LogP contribution in [0.3, 0.4) is 0 Å². The number of amides is 2. The number of hydrogen-bond acceptors (Lipinski definition) is 6. The van der Waals surface area contributed by atoms with E-state index in [1.54, 1.807) is 35.6 Å². The summed E-state index contributed by atoms with van der Waals surface area (Å²) in [5.74, 6) is 0.0685. The highest BCUT2D eigenvalue weighted by atomic mass is 32.2. The molecule has 0 atom stereocenters. The maximum absolute atomic E-state index is 13.0. The second-order valence-electron chi connectivity index (χ2n) is 6.90. The first-order valence-electron chi connectivity index (χ1n) is 10.1. The van der Waals surface area contributed by atoms with Gasteiger partial charge in [-0.3, -0.25) is 9.59 Å². The summed E-state index contributed by atoms with van der Waals surface area (Å²) in [6.45, 7) is 2.72. The first-order chi connectivity index (χ1) is 16.0. The fraction of sp³-hybridized carbons (Fsp3) is 0.130. The Hall–Kier alpha value is -3.50. The number of carbonyl (C=O) groups excluding carboxylic acids is 2. The highest BCUT2D eigenvalue weighted by molar-refractivity contribution is 7.99. The Bertz CT molecular complexity index is 1240. The Morgan fingerprint density at radius 2 is 1.70 bits per heavy atom. The molecule has 2 aromatic carbocycles. The second-order valence-corrected chi connectivity index (χ2v) is 8.79. The van der Waals surface area contributed by atoms with Gasteiger partial charge < -0.3 is 15.2 Å². The number of hydrogen-bond donors (Lipinski definition) is 2. The van der Waals surface area contributed by atoms with E-state index < -0.39 is 5.82 Å². The Kier molecular flexibility index (Phi) is 7.16. The molecular weight excluding hydrogens is 461 g/mol. The Morgan fingerprint density at radius 1 is 1.00 bits per heavy atom. The summed E-state index contributed by atoms with van der Waals surface area (Å²) in [5, 5.41) is 16.7. The van der Waals surface area contributed by atoms with Crippen LogP contribution in [0, 0.1) is 5.82 Å². The Morgan fingerprint density at radius 3 is 2.33 bits per heavy atom. The van der Waals surface area contributed by atoms with E-state index in [4.69, 9.17) is 0 Å². The van der Waals surface area contributed by atoms with Gasteiger partial charge in [0, 0.05) is 23.5 Å². The average Bonchev–Trinajstić information content (AvgIpc) is 3.49. The molecule has 168 valence electrons. The van der Waals surface area contributed by atoms with E-state index in [9.17, 15) is 14.0 Å². The number of benzene rings is 2. The van der Waals surface area contributed by atoms with Gasteiger partial charge in [-0.05, 0) is 66.9 Å². The van der Waals surface area contributed by atoms with E-state index in [1.165, 1.54) is 36.0 Å². The minimum Gasteiger partial charge on any atom is -0.325 e. The number of rotatable bonds is 8. The van der Waals surface area contributed by atoms with Gasteiger partial charge in [0.1, 0.15) is 5.82 Å². The zero-order valence-corrected chi connectivity index (χ0v) is 19.3. The van der Waals surface area contributed by atoms with Gasteiger partial charge in [-0.2, -0.15) is 0 Å². The molecule has 0 bridgehead atoms. The molecular formula is C23H20FN5O2S2. The fourth-order valence-electron chi connectivity index (χ4n) is 3.04. The number of nitrogens with zero attached hydrogens (tertiary/aromatic N) is 3. The van der Waals surface area contributed by atoms with Crippen molar-refractivity contribution in [3.63, 3.8) is 0 Å². The van der Waals surface area contributed by atoms with Crippen LogP contribution in [0.15, 0.2) is 71.2 Å².